The number of aromatic nitrogens is 1. The van der Waals surface area contributed by atoms with E-state index in [1.165, 1.54) is 11.6 Å². The molecule has 3 aromatic rings. The minimum absolute atomic E-state index is 0.112. The van der Waals surface area contributed by atoms with E-state index in [-0.39, 0.29) is 5.91 Å². The summed E-state index contributed by atoms with van der Waals surface area (Å²) in [6.45, 7) is 2.60. The third kappa shape index (κ3) is 5.28. The van der Waals surface area contributed by atoms with Gasteiger partial charge in [0.2, 0.25) is 5.91 Å². The molecule has 0 spiro atoms. The number of aryl methyl sites for hydroxylation is 1. The van der Waals surface area contributed by atoms with Crippen molar-refractivity contribution in [2.24, 2.45) is 0 Å². The van der Waals surface area contributed by atoms with Crippen LogP contribution in [0.3, 0.4) is 0 Å². The Balaban J connectivity index is 1.47. The molecular weight excluding hydrogens is 364 g/mol. The van der Waals surface area contributed by atoms with Gasteiger partial charge in [-0.25, -0.2) is 4.98 Å². The molecule has 0 atom stereocenters. The molecule has 0 saturated heterocycles. The highest BCUT2D eigenvalue weighted by Gasteiger charge is 2.02. The summed E-state index contributed by atoms with van der Waals surface area (Å²) < 4.78 is 0. The average Bonchev–Trinajstić information content (AvgIpc) is 3.07. The predicted octanol–water partition coefficient (Wildman–Crippen LogP) is 5.14. The fourth-order valence-electron chi connectivity index (χ4n) is 2.51. The van der Waals surface area contributed by atoms with Gasteiger partial charge in [-0.2, -0.15) is 0 Å². The molecule has 0 unspecified atom stereocenters. The molecule has 0 aliphatic rings. The molecular formula is C21H19ClN2OS. The van der Waals surface area contributed by atoms with Crippen molar-refractivity contribution in [3.05, 3.63) is 81.1 Å². The first-order chi connectivity index (χ1) is 12.6. The van der Waals surface area contributed by atoms with Crippen LogP contribution in [-0.2, 0) is 11.2 Å². The van der Waals surface area contributed by atoms with E-state index in [0.717, 1.165) is 28.2 Å². The molecule has 0 fully saturated rings. The zero-order valence-corrected chi connectivity index (χ0v) is 16.0. The molecule has 5 heteroatoms. The van der Waals surface area contributed by atoms with Gasteiger partial charge in [0.1, 0.15) is 0 Å². The Labute approximate surface area is 162 Å². The lowest BCUT2D eigenvalue weighted by Gasteiger charge is -2.04. The first kappa shape index (κ1) is 18.4. The molecule has 3 nitrogen and oxygen atoms in total. The average molecular weight is 383 g/mol. The lowest BCUT2D eigenvalue weighted by Crippen LogP contribution is -2.23. The quantitative estimate of drug-likeness (QED) is 0.599. The Morgan fingerprint density at radius 1 is 1.23 bits per heavy atom. The maximum Gasteiger partial charge on any atom is 0.244 e. The highest BCUT2D eigenvalue weighted by atomic mass is 35.5. The van der Waals surface area contributed by atoms with Crippen molar-refractivity contribution < 1.29 is 4.79 Å². The molecule has 0 aliphatic carbocycles. The van der Waals surface area contributed by atoms with E-state index < -0.39 is 0 Å². The van der Waals surface area contributed by atoms with E-state index in [4.69, 9.17) is 11.6 Å². The van der Waals surface area contributed by atoms with Crippen LogP contribution in [0.2, 0.25) is 5.02 Å². The van der Waals surface area contributed by atoms with Crippen LogP contribution in [0.1, 0.15) is 16.1 Å². The first-order valence-electron chi connectivity index (χ1n) is 8.33. The first-order valence-corrected chi connectivity index (χ1v) is 9.59. The zero-order valence-electron chi connectivity index (χ0n) is 14.4. The maximum absolute atomic E-state index is 11.9. The van der Waals surface area contributed by atoms with Crippen LogP contribution in [0.4, 0.5) is 0 Å². The summed E-state index contributed by atoms with van der Waals surface area (Å²) in [5.74, 6) is -0.112. The van der Waals surface area contributed by atoms with Crippen molar-refractivity contribution in [3.63, 3.8) is 0 Å². The van der Waals surface area contributed by atoms with Gasteiger partial charge in [0.05, 0.1) is 10.7 Å². The molecule has 1 aromatic heterocycles. The van der Waals surface area contributed by atoms with Crippen molar-refractivity contribution in [1.82, 2.24) is 10.3 Å². The Morgan fingerprint density at radius 3 is 2.73 bits per heavy atom. The van der Waals surface area contributed by atoms with Crippen molar-refractivity contribution in [2.45, 2.75) is 13.3 Å². The van der Waals surface area contributed by atoms with Gasteiger partial charge >= 0.3 is 0 Å². The van der Waals surface area contributed by atoms with Gasteiger partial charge in [0.15, 0.2) is 0 Å². The molecule has 2 aromatic carbocycles. The van der Waals surface area contributed by atoms with Crippen LogP contribution < -0.4 is 5.32 Å². The molecule has 3 rings (SSSR count). The second-order valence-electron chi connectivity index (χ2n) is 5.88. The standard InChI is InChI=1S/C21H19ClN2OS/c1-15-24-20(14-26-15)18-8-5-16(6-9-18)11-12-23-21(25)10-7-17-3-2-4-19(22)13-17/h2-10,13-14H,11-12H2,1H3,(H,23,25)/b10-7+. The third-order valence-corrected chi connectivity index (χ3v) is 4.87. The van der Waals surface area contributed by atoms with Crippen LogP contribution in [0.15, 0.2) is 60.0 Å². The molecule has 0 radical (unpaired) electrons. The second kappa shape index (κ2) is 8.79. The summed E-state index contributed by atoms with van der Waals surface area (Å²) in [6, 6.07) is 15.7. The molecule has 0 saturated carbocycles. The van der Waals surface area contributed by atoms with Crippen molar-refractivity contribution in [1.29, 1.82) is 0 Å². The minimum Gasteiger partial charge on any atom is -0.352 e. The predicted molar refractivity (Wildman–Crippen MR) is 109 cm³/mol. The number of hydrogen-bond acceptors (Lipinski definition) is 3. The van der Waals surface area contributed by atoms with Gasteiger partial charge in [-0.05, 0) is 42.7 Å². The fraction of sp³-hybridized carbons (Fsp3) is 0.143. The number of hydrogen-bond donors (Lipinski definition) is 1. The van der Waals surface area contributed by atoms with Gasteiger partial charge < -0.3 is 5.32 Å². The molecule has 132 valence electrons. The Morgan fingerprint density at radius 2 is 2.04 bits per heavy atom. The Hall–Kier alpha value is -2.43. The molecule has 0 aliphatic heterocycles. The molecule has 1 heterocycles. The van der Waals surface area contributed by atoms with Gasteiger partial charge in [0, 0.05) is 28.6 Å². The van der Waals surface area contributed by atoms with Crippen LogP contribution in [-0.4, -0.2) is 17.4 Å². The fourth-order valence-corrected chi connectivity index (χ4v) is 3.33. The Kier molecular flexibility index (Phi) is 6.21. The molecule has 1 amide bonds. The maximum atomic E-state index is 11.9. The van der Waals surface area contributed by atoms with Crippen molar-refractivity contribution in [2.75, 3.05) is 6.54 Å². The number of thiazole rings is 1. The Bertz CT molecular complexity index is 916. The second-order valence-corrected chi connectivity index (χ2v) is 7.38. The SMILES string of the molecule is Cc1nc(-c2ccc(CCNC(=O)/C=C/c3cccc(Cl)c3)cc2)cs1. The van der Waals surface area contributed by atoms with Crippen molar-refractivity contribution in [3.8, 4) is 11.3 Å². The summed E-state index contributed by atoms with van der Waals surface area (Å²) in [5, 5.41) is 6.69. The number of halogens is 1. The topological polar surface area (TPSA) is 42.0 Å². The van der Waals surface area contributed by atoms with E-state index in [1.807, 2.05) is 25.1 Å². The van der Waals surface area contributed by atoms with Gasteiger partial charge in [-0.1, -0.05) is 48.0 Å². The number of nitrogens with zero attached hydrogens (tertiary/aromatic N) is 1. The van der Waals surface area contributed by atoms with E-state index in [0.29, 0.717) is 11.6 Å². The number of rotatable bonds is 6. The lowest BCUT2D eigenvalue weighted by molar-refractivity contribution is -0.116. The largest absolute Gasteiger partial charge is 0.352 e. The number of nitrogens with one attached hydrogen (secondary N) is 1. The van der Waals surface area contributed by atoms with E-state index in [2.05, 4.69) is 39.9 Å². The minimum atomic E-state index is -0.112. The summed E-state index contributed by atoms with van der Waals surface area (Å²) in [6.07, 6.45) is 4.07. The number of carbonyl (C=O) groups excluding carboxylic acids is 1. The van der Waals surface area contributed by atoms with E-state index in [1.54, 1.807) is 23.5 Å². The lowest BCUT2D eigenvalue weighted by atomic mass is 10.1. The monoisotopic (exact) mass is 382 g/mol. The van der Waals surface area contributed by atoms with E-state index in [9.17, 15) is 4.79 Å². The van der Waals surface area contributed by atoms with E-state index >= 15 is 0 Å². The van der Waals surface area contributed by atoms with Crippen LogP contribution in [0.25, 0.3) is 17.3 Å². The van der Waals surface area contributed by atoms with Gasteiger partial charge in [0.25, 0.3) is 0 Å². The normalized spacial score (nSPS) is 11.0. The molecule has 26 heavy (non-hydrogen) atoms. The number of carbonyl (C=O) groups is 1. The zero-order chi connectivity index (χ0) is 18.4. The summed E-state index contributed by atoms with van der Waals surface area (Å²) >= 11 is 7.58. The van der Waals surface area contributed by atoms with Crippen LogP contribution in [0, 0.1) is 6.92 Å². The van der Waals surface area contributed by atoms with Crippen LogP contribution in [0.5, 0.6) is 0 Å². The number of amides is 1. The highest BCUT2D eigenvalue weighted by Crippen LogP contribution is 2.21. The number of benzene rings is 2. The summed E-state index contributed by atoms with van der Waals surface area (Å²) in [5.41, 5.74) is 4.21. The van der Waals surface area contributed by atoms with Gasteiger partial charge in [-0.3, -0.25) is 4.79 Å². The highest BCUT2D eigenvalue weighted by molar-refractivity contribution is 7.09. The summed E-state index contributed by atoms with van der Waals surface area (Å²) in [4.78, 5) is 16.4. The molecule has 1 N–H and O–H groups in total. The van der Waals surface area contributed by atoms with Crippen LogP contribution >= 0.6 is 22.9 Å². The third-order valence-electron chi connectivity index (χ3n) is 3.86. The van der Waals surface area contributed by atoms with Gasteiger partial charge in [-0.15, -0.1) is 11.3 Å². The smallest absolute Gasteiger partial charge is 0.244 e. The molecule has 0 bridgehead atoms. The summed E-state index contributed by atoms with van der Waals surface area (Å²) in [7, 11) is 0. The van der Waals surface area contributed by atoms with Crippen molar-refractivity contribution >= 4 is 34.9 Å².